The largest absolute Gasteiger partial charge is 0.207 e. The Morgan fingerprint density at radius 1 is 1.24 bits per heavy atom. The van der Waals surface area contributed by atoms with E-state index < -0.39 is 0 Å². The Hall–Kier alpha value is -0.670. The van der Waals surface area contributed by atoms with Crippen LogP contribution in [-0.2, 0) is 12.8 Å². The fourth-order valence-electron chi connectivity index (χ4n) is 1.83. The number of thiophene rings is 1. The summed E-state index contributed by atoms with van der Waals surface area (Å²) in [6.07, 6.45) is 1.96. The Balaban J connectivity index is 2.11. The summed E-state index contributed by atoms with van der Waals surface area (Å²) in [6, 6.07) is 8.92. The Bertz CT molecular complexity index is 475. The zero-order valence-electron chi connectivity index (χ0n) is 9.62. The predicted octanol–water partition coefficient (Wildman–Crippen LogP) is 5.13. The molecule has 0 aliphatic rings. The molecule has 0 radical (unpaired) electrons. The van der Waals surface area contributed by atoms with E-state index >= 15 is 0 Å². The zero-order valence-corrected chi connectivity index (χ0v) is 12.0. The fourth-order valence-corrected chi connectivity index (χ4v) is 3.80. The van der Waals surface area contributed by atoms with Crippen LogP contribution in [0.25, 0.3) is 0 Å². The third kappa shape index (κ3) is 3.17. The van der Waals surface area contributed by atoms with Crippen LogP contribution in [0.1, 0.15) is 27.8 Å². The summed E-state index contributed by atoms with van der Waals surface area (Å²) in [4.78, 5) is 1.71. The first-order valence-electron chi connectivity index (χ1n) is 5.65. The molecule has 0 aliphatic carbocycles. The number of halogens is 2. The number of hydrogen-bond acceptors (Lipinski definition) is 1. The molecule has 3 heteroatoms. The van der Waals surface area contributed by atoms with Crippen LogP contribution in [0, 0.1) is 5.82 Å². The lowest BCUT2D eigenvalue weighted by atomic mass is 10.1. The van der Waals surface area contributed by atoms with E-state index in [1.165, 1.54) is 22.6 Å². The van der Waals surface area contributed by atoms with Gasteiger partial charge in [0.15, 0.2) is 0 Å². The van der Waals surface area contributed by atoms with Crippen LogP contribution in [0.15, 0.2) is 35.7 Å². The van der Waals surface area contributed by atoms with E-state index in [-0.39, 0.29) is 5.82 Å². The molecule has 1 aromatic carbocycles. The minimum atomic E-state index is -0.176. The van der Waals surface area contributed by atoms with Crippen molar-refractivity contribution in [2.75, 3.05) is 0 Å². The van der Waals surface area contributed by atoms with E-state index in [0.717, 1.165) is 18.4 Å². The molecule has 0 amide bonds. The topological polar surface area (TPSA) is 0 Å². The first-order valence-corrected chi connectivity index (χ1v) is 7.45. The summed E-state index contributed by atoms with van der Waals surface area (Å²) in [7, 11) is 0. The summed E-state index contributed by atoms with van der Waals surface area (Å²) in [5.74, 6) is -0.176. The maximum absolute atomic E-state index is 12.8. The molecule has 0 bridgehead atoms. The highest BCUT2D eigenvalue weighted by Crippen LogP contribution is 2.33. The Morgan fingerprint density at radius 2 is 1.94 bits per heavy atom. The number of benzene rings is 1. The van der Waals surface area contributed by atoms with Crippen LogP contribution in [0.3, 0.4) is 0 Å². The minimum absolute atomic E-state index is 0.176. The van der Waals surface area contributed by atoms with Crippen molar-refractivity contribution in [3.05, 3.63) is 57.5 Å². The fraction of sp³-hybridized carbons (Fsp3) is 0.286. The first-order chi connectivity index (χ1) is 8.20. The zero-order chi connectivity index (χ0) is 12.3. The summed E-state index contributed by atoms with van der Waals surface area (Å²) < 4.78 is 12.8. The van der Waals surface area contributed by atoms with Gasteiger partial charge in [-0.1, -0.05) is 35.0 Å². The van der Waals surface area contributed by atoms with Crippen LogP contribution < -0.4 is 0 Å². The molecule has 0 saturated heterocycles. The maximum Gasteiger partial charge on any atom is 0.123 e. The van der Waals surface area contributed by atoms with Gasteiger partial charge in [0.25, 0.3) is 0 Å². The van der Waals surface area contributed by atoms with Crippen LogP contribution >= 0.6 is 27.3 Å². The van der Waals surface area contributed by atoms with Crippen LogP contribution in [0.4, 0.5) is 4.39 Å². The number of aryl methyl sites for hydroxylation is 1. The van der Waals surface area contributed by atoms with Gasteiger partial charge in [0.05, 0.1) is 4.83 Å². The molecule has 0 N–H and O–H groups in total. The summed E-state index contributed by atoms with van der Waals surface area (Å²) >= 11 is 5.51. The van der Waals surface area contributed by atoms with Crippen molar-refractivity contribution in [1.29, 1.82) is 0 Å². The summed E-state index contributed by atoms with van der Waals surface area (Å²) in [6.45, 7) is 2.17. The van der Waals surface area contributed by atoms with Gasteiger partial charge < -0.3 is 0 Å². The molecule has 1 unspecified atom stereocenters. The van der Waals surface area contributed by atoms with Crippen molar-refractivity contribution in [3.63, 3.8) is 0 Å². The van der Waals surface area contributed by atoms with E-state index in [2.05, 4.69) is 34.3 Å². The van der Waals surface area contributed by atoms with Gasteiger partial charge in [-0.05, 0) is 47.5 Å². The molecule has 17 heavy (non-hydrogen) atoms. The third-order valence-corrected chi connectivity index (χ3v) is 4.93. The van der Waals surface area contributed by atoms with Gasteiger partial charge in [0.2, 0.25) is 0 Å². The van der Waals surface area contributed by atoms with Crippen molar-refractivity contribution in [2.24, 2.45) is 0 Å². The van der Waals surface area contributed by atoms with Gasteiger partial charge in [0.1, 0.15) is 5.82 Å². The van der Waals surface area contributed by atoms with Crippen molar-refractivity contribution in [1.82, 2.24) is 0 Å². The SMILES string of the molecule is CCc1ccsc1C(Br)Cc1ccc(F)cc1. The molecule has 1 heterocycles. The second-order valence-electron chi connectivity index (χ2n) is 3.96. The highest BCUT2D eigenvalue weighted by atomic mass is 79.9. The second-order valence-corrected chi connectivity index (χ2v) is 6.01. The average Bonchev–Trinajstić information content (AvgIpc) is 2.80. The van der Waals surface area contributed by atoms with Crippen LogP contribution in [0.5, 0.6) is 0 Å². The molecule has 0 aliphatic heterocycles. The highest BCUT2D eigenvalue weighted by molar-refractivity contribution is 9.09. The summed E-state index contributed by atoms with van der Waals surface area (Å²) in [5.41, 5.74) is 2.56. The van der Waals surface area contributed by atoms with E-state index in [9.17, 15) is 4.39 Å². The van der Waals surface area contributed by atoms with E-state index in [1.54, 1.807) is 11.3 Å². The molecule has 0 saturated carbocycles. The minimum Gasteiger partial charge on any atom is -0.207 e. The number of rotatable bonds is 4. The predicted molar refractivity (Wildman–Crippen MR) is 75.5 cm³/mol. The first kappa shape index (κ1) is 12.8. The lowest BCUT2D eigenvalue weighted by Crippen LogP contribution is -1.96. The summed E-state index contributed by atoms with van der Waals surface area (Å²) in [5, 5.41) is 2.13. The van der Waals surface area contributed by atoms with Crippen molar-refractivity contribution in [3.8, 4) is 0 Å². The number of alkyl halides is 1. The maximum atomic E-state index is 12.8. The number of hydrogen-bond donors (Lipinski definition) is 0. The highest BCUT2D eigenvalue weighted by Gasteiger charge is 2.13. The van der Waals surface area contributed by atoms with E-state index in [0.29, 0.717) is 4.83 Å². The van der Waals surface area contributed by atoms with E-state index in [4.69, 9.17) is 0 Å². The molecular weight excluding hydrogens is 299 g/mol. The van der Waals surface area contributed by atoms with Gasteiger partial charge in [-0.15, -0.1) is 11.3 Å². The Morgan fingerprint density at radius 3 is 2.59 bits per heavy atom. The molecule has 2 aromatic rings. The smallest absolute Gasteiger partial charge is 0.123 e. The Labute approximate surface area is 114 Å². The molecule has 0 fully saturated rings. The van der Waals surface area contributed by atoms with Crippen LogP contribution in [-0.4, -0.2) is 0 Å². The van der Waals surface area contributed by atoms with Crippen molar-refractivity contribution in [2.45, 2.75) is 24.6 Å². The standard InChI is InChI=1S/C14H14BrFS/c1-2-11-7-8-17-14(11)13(15)9-10-3-5-12(16)6-4-10/h3-8,13H,2,9H2,1H3. The normalized spacial score (nSPS) is 12.6. The molecule has 0 spiro atoms. The van der Waals surface area contributed by atoms with Gasteiger partial charge >= 0.3 is 0 Å². The van der Waals surface area contributed by atoms with Crippen molar-refractivity contribution < 1.29 is 4.39 Å². The lowest BCUT2D eigenvalue weighted by molar-refractivity contribution is 0.627. The third-order valence-electron chi connectivity index (χ3n) is 2.77. The molecular formula is C14H14BrFS. The van der Waals surface area contributed by atoms with Gasteiger partial charge in [-0.2, -0.15) is 0 Å². The molecule has 1 aromatic heterocycles. The Kier molecular flexibility index (Phi) is 4.35. The van der Waals surface area contributed by atoms with Crippen LogP contribution in [0.2, 0.25) is 0 Å². The monoisotopic (exact) mass is 312 g/mol. The van der Waals surface area contributed by atoms with Gasteiger partial charge in [-0.3, -0.25) is 0 Å². The molecule has 0 nitrogen and oxygen atoms in total. The average molecular weight is 313 g/mol. The van der Waals surface area contributed by atoms with Gasteiger partial charge in [0, 0.05) is 4.88 Å². The quantitative estimate of drug-likeness (QED) is 0.687. The van der Waals surface area contributed by atoms with Crippen molar-refractivity contribution >= 4 is 27.3 Å². The van der Waals surface area contributed by atoms with Gasteiger partial charge in [-0.25, -0.2) is 4.39 Å². The molecule has 90 valence electrons. The lowest BCUT2D eigenvalue weighted by Gasteiger charge is -2.10. The van der Waals surface area contributed by atoms with E-state index in [1.807, 2.05) is 12.1 Å². The molecule has 2 rings (SSSR count). The second kappa shape index (κ2) is 5.78. The molecule has 1 atom stereocenters.